The maximum absolute atomic E-state index is 12.8. The molecule has 0 aliphatic carbocycles. The molecule has 0 saturated heterocycles. The van der Waals surface area contributed by atoms with Gasteiger partial charge in [-0.2, -0.15) is 0 Å². The van der Waals surface area contributed by atoms with Crippen LogP contribution in [0, 0.1) is 0 Å². The average Bonchev–Trinajstić information content (AvgIpc) is 3.06. The first-order valence-corrected chi connectivity index (χ1v) is 7.51. The fourth-order valence-corrected chi connectivity index (χ4v) is 2.27. The molecule has 8 heteroatoms. The van der Waals surface area contributed by atoms with Crippen molar-refractivity contribution in [2.24, 2.45) is 5.73 Å². The lowest BCUT2D eigenvalue weighted by molar-refractivity contribution is -0.155. The van der Waals surface area contributed by atoms with Crippen molar-refractivity contribution in [3.8, 4) is 0 Å². The third-order valence-corrected chi connectivity index (χ3v) is 3.39. The second-order valence-electron chi connectivity index (χ2n) is 5.39. The summed E-state index contributed by atoms with van der Waals surface area (Å²) in [7, 11) is 0. The van der Waals surface area contributed by atoms with E-state index in [1.165, 1.54) is 11.6 Å². The maximum Gasteiger partial charge on any atom is 0.405 e. The predicted molar refractivity (Wildman–Crippen MR) is 89.0 cm³/mol. The summed E-state index contributed by atoms with van der Waals surface area (Å²) in [5, 5.41) is 0. The van der Waals surface area contributed by atoms with Gasteiger partial charge in [0.1, 0.15) is 6.61 Å². The molecule has 2 amide bonds. The zero-order valence-electron chi connectivity index (χ0n) is 13.7. The summed E-state index contributed by atoms with van der Waals surface area (Å²) in [6.45, 7) is 0.731. The lowest BCUT2D eigenvalue weighted by Crippen LogP contribution is -2.54. The highest BCUT2D eigenvalue weighted by Crippen LogP contribution is 2.21. The Morgan fingerprint density at radius 3 is 2.32 bits per heavy atom. The van der Waals surface area contributed by atoms with E-state index in [1.54, 1.807) is 48.8 Å². The van der Waals surface area contributed by atoms with Crippen LogP contribution >= 0.6 is 0 Å². The van der Waals surface area contributed by atoms with Gasteiger partial charge in [0.15, 0.2) is 0 Å². The number of amides is 2. The number of carbonyl (C=O) groups excluding carboxylic acids is 3. The zero-order chi connectivity index (χ0) is 18.3. The molecule has 3 N–H and O–H groups in total. The summed E-state index contributed by atoms with van der Waals surface area (Å²) < 4.78 is 11.5. The van der Waals surface area contributed by atoms with Crippen LogP contribution in [0.3, 0.4) is 0 Å². The minimum absolute atomic E-state index is 0.0167. The molecule has 0 spiro atoms. The van der Waals surface area contributed by atoms with Crippen molar-refractivity contribution in [3.63, 3.8) is 0 Å². The summed E-state index contributed by atoms with van der Waals surface area (Å²) in [4.78, 5) is 35.5. The van der Waals surface area contributed by atoms with Gasteiger partial charge in [0.05, 0.1) is 0 Å². The summed E-state index contributed by atoms with van der Waals surface area (Å²) in [5.74, 6) is -1.29. The highest BCUT2D eigenvalue weighted by atomic mass is 16.6. The number of aromatic nitrogens is 1. The molecule has 1 atom stereocenters. The van der Waals surface area contributed by atoms with Crippen LogP contribution in [0.15, 0.2) is 54.9 Å². The fourth-order valence-electron chi connectivity index (χ4n) is 2.27. The van der Waals surface area contributed by atoms with E-state index in [0.717, 1.165) is 0 Å². The summed E-state index contributed by atoms with van der Waals surface area (Å²) in [5.41, 5.74) is 6.63. The minimum atomic E-state index is -1.80. The van der Waals surface area contributed by atoms with Crippen molar-refractivity contribution in [2.75, 3.05) is 12.0 Å². The van der Waals surface area contributed by atoms with Crippen LogP contribution in [-0.4, -0.2) is 34.9 Å². The van der Waals surface area contributed by atoms with E-state index < -0.39 is 30.2 Å². The number of nitrogens with two attached hydrogens (primary N) is 1. The number of nitrogens with one attached hydrogen (secondary N) is 1. The predicted octanol–water partition coefficient (Wildman–Crippen LogP) is 1.20. The Labute approximate surface area is 144 Å². The van der Waals surface area contributed by atoms with Gasteiger partial charge < -0.3 is 15.2 Å². The van der Waals surface area contributed by atoms with Crippen LogP contribution in [0.1, 0.15) is 12.5 Å². The first-order chi connectivity index (χ1) is 11.9. The van der Waals surface area contributed by atoms with Crippen molar-refractivity contribution in [1.82, 2.24) is 4.68 Å². The second-order valence-corrected chi connectivity index (χ2v) is 5.39. The van der Waals surface area contributed by atoms with E-state index in [-0.39, 0.29) is 6.42 Å². The van der Waals surface area contributed by atoms with E-state index in [2.05, 4.69) is 5.43 Å². The van der Waals surface area contributed by atoms with Crippen LogP contribution in [0.25, 0.3) is 0 Å². The average molecular weight is 345 g/mol. The lowest BCUT2D eigenvalue weighted by Gasteiger charge is -2.31. The lowest BCUT2D eigenvalue weighted by atomic mass is 9.94. The van der Waals surface area contributed by atoms with E-state index in [0.29, 0.717) is 5.56 Å². The number of primary amides is 1. The van der Waals surface area contributed by atoms with Crippen LogP contribution in [0.5, 0.6) is 0 Å². The molecule has 1 aromatic carbocycles. The van der Waals surface area contributed by atoms with Crippen molar-refractivity contribution in [1.29, 1.82) is 0 Å². The van der Waals surface area contributed by atoms with E-state index in [1.807, 2.05) is 6.07 Å². The standard InChI is InChI=1S/C17H19N3O5/c1-13(21)24-12-17(25-16(18)23,11-14-7-3-2-4-8-14)15(22)19-20-9-5-6-10-20/h2-10H,11-12H2,1H3,(H2,18,23)(H,19,22). The molecule has 1 aromatic heterocycles. The first-order valence-electron chi connectivity index (χ1n) is 7.51. The van der Waals surface area contributed by atoms with Gasteiger partial charge >= 0.3 is 12.1 Å². The van der Waals surface area contributed by atoms with Crippen molar-refractivity contribution >= 4 is 18.0 Å². The monoisotopic (exact) mass is 345 g/mol. The Morgan fingerprint density at radius 1 is 1.12 bits per heavy atom. The van der Waals surface area contributed by atoms with Gasteiger partial charge in [0.2, 0.25) is 5.60 Å². The fraction of sp³-hybridized carbons (Fsp3) is 0.235. The third-order valence-electron chi connectivity index (χ3n) is 3.39. The van der Waals surface area contributed by atoms with Crippen LogP contribution in [0.4, 0.5) is 4.79 Å². The van der Waals surface area contributed by atoms with Gasteiger partial charge in [-0.1, -0.05) is 30.3 Å². The SMILES string of the molecule is CC(=O)OCC(Cc1ccccc1)(OC(N)=O)C(=O)Nn1cccc1. The highest BCUT2D eigenvalue weighted by Gasteiger charge is 2.44. The number of esters is 1. The first kappa shape index (κ1) is 18.1. The molecule has 0 aliphatic heterocycles. The molecule has 25 heavy (non-hydrogen) atoms. The molecule has 8 nitrogen and oxygen atoms in total. The third kappa shape index (κ3) is 5.10. The number of hydrogen-bond donors (Lipinski definition) is 2. The Bertz CT molecular complexity index is 730. The van der Waals surface area contributed by atoms with Gasteiger partial charge in [-0.15, -0.1) is 0 Å². The number of nitrogens with zero attached hydrogens (tertiary/aromatic N) is 1. The highest BCUT2D eigenvalue weighted by molar-refractivity contribution is 5.94. The quantitative estimate of drug-likeness (QED) is 0.732. The molecule has 1 unspecified atom stereocenters. The number of benzene rings is 1. The van der Waals surface area contributed by atoms with E-state index in [9.17, 15) is 14.4 Å². The van der Waals surface area contributed by atoms with Crippen LogP contribution in [-0.2, 0) is 25.5 Å². The molecule has 0 bridgehead atoms. The number of carbonyl (C=O) groups is 3. The molecule has 2 rings (SSSR count). The summed E-state index contributed by atoms with van der Waals surface area (Å²) in [6.07, 6.45) is 2.03. The van der Waals surface area contributed by atoms with Crippen LogP contribution < -0.4 is 11.2 Å². The number of ether oxygens (including phenoxy) is 2. The molecule has 132 valence electrons. The largest absolute Gasteiger partial charge is 0.461 e. The Balaban J connectivity index is 2.34. The normalized spacial score (nSPS) is 12.7. The summed E-state index contributed by atoms with van der Waals surface area (Å²) in [6, 6.07) is 12.3. The molecular formula is C17H19N3O5. The topological polar surface area (TPSA) is 113 Å². The van der Waals surface area contributed by atoms with Gasteiger partial charge in [0, 0.05) is 25.7 Å². The molecular weight excluding hydrogens is 326 g/mol. The maximum atomic E-state index is 12.8. The molecule has 1 heterocycles. The molecule has 0 aliphatic rings. The Kier molecular flexibility index (Phi) is 5.78. The van der Waals surface area contributed by atoms with Gasteiger partial charge in [-0.3, -0.25) is 19.7 Å². The van der Waals surface area contributed by atoms with Gasteiger partial charge in [-0.25, -0.2) is 4.79 Å². The number of rotatable bonds is 7. The second kappa shape index (κ2) is 8.00. The Hall–Kier alpha value is -3.29. The minimum Gasteiger partial charge on any atom is -0.461 e. The number of hydrogen-bond acceptors (Lipinski definition) is 5. The molecule has 0 fully saturated rings. The van der Waals surface area contributed by atoms with Crippen LogP contribution in [0.2, 0.25) is 0 Å². The van der Waals surface area contributed by atoms with Crippen molar-refractivity contribution in [3.05, 3.63) is 60.4 Å². The molecule has 0 radical (unpaired) electrons. The molecule has 2 aromatic rings. The van der Waals surface area contributed by atoms with E-state index in [4.69, 9.17) is 15.2 Å². The van der Waals surface area contributed by atoms with Gasteiger partial charge in [-0.05, 0) is 17.7 Å². The van der Waals surface area contributed by atoms with Gasteiger partial charge in [0.25, 0.3) is 5.91 Å². The van der Waals surface area contributed by atoms with E-state index >= 15 is 0 Å². The smallest absolute Gasteiger partial charge is 0.405 e. The van der Waals surface area contributed by atoms with Crippen molar-refractivity contribution in [2.45, 2.75) is 18.9 Å². The summed E-state index contributed by atoms with van der Waals surface area (Å²) >= 11 is 0. The Morgan fingerprint density at radius 2 is 1.76 bits per heavy atom. The van der Waals surface area contributed by atoms with Crippen molar-refractivity contribution < 1.29 is 23.9 Å². The molecule has 0 saturated carbocycles. The zero-order valence-corrected chi connectivity index (χ0v) is 13.7.